The van der Waals surface area contributed by atoms with Crippen molar-refractivity contribution in [2.75, 3.05) is 0 Å². The van der Waals surface area contributed by atoms with E-state index in [0.717, 1.165) is 17.0 Å². The van der Waals surface area contributed by atoms with Gasteiger partial charge in [0, 0.05) is 11.1 Å². The Kier molecular flexibility index (Phi) is 10.1. The van der Waals surface area contributed by atoms with E-state index in [1.807, 2.05) is 6.07 Å². The first-order chi connectivity index (χ1) is 18.9. The van der Waals surface area contributed by atoms with Gasteiger partial charge in [-0.2, -0.15) is 0 Å². The Labute approximate surface area is 232 Å². The monoisotopic (exact) mass is 528 g/mol. The van der Waals surface area contributed by atoms with Crippen molar-refractivity contribution in [1.29, 1.82) is 0 Å². The summed E-state index contributed by atoms with van der Waals surface area (Å²) in [4.78, 5) is 11.9. The van der Waals surface area contributed by atoms with Gasteiger partial charge in [0.05, 0.1) is 6.61 Å². The fourth-order valence-corrected chi connectivity index (χ4v) is 5.72. The van der Waals surface area contributed by atoms with Gasteiger partial charge in [-0.3, -0.25) is 0 Å². The van der Waals surface area contributed by atoms with Gasteiger partial charge in [0.15, 0.2) is 0 Å². The van der Waals surface area contributed by atoms with Crippen LogP contribution in [0.4, 0.5) is 4.39 Å². The molecule has 3 aromatic carbocycles. The third kappa shape index (κ3) is 7.45. The Morgan fingerprint density at radius 3 is 2.28 bits per heavy atom. The van der Waals surface area contributed by atoms with Crippen molar-refractivity contribution in [3.8, 4) is 22.3 Å². The van der Waals surface area contributed by atoms with Crippen LogP contribution < -0.4 is 0 Å². The molecule has 4 heteroatoms. The average Bonchev–Trinajstić information content (AvgIpc) is 2.96. The molecule has 0 saturated heterocycles. The van der Waals surface area contributed by atoms with Crippen LogP contribution in [0.25, 0.3) is 22.3 Å². The van der Waals surface area contributed by atoms with Crippen LogP contribution in [0.15, 0.2) is 72.8 Å². The van der Waals surface area contributed by atoms with E-state index >= 15 is 4.39 Å². The molecule has 3 nitrogen and oxygen atoms in total. The van der Waals surface area contributed by atoms with Crippen LogP contribution in [-0.4, -0.2) is 11.1 Å². The predicted octanol–water partition coefficient (Wildman–Crippen LogP) is 9.13. The van der Waals surface area contributed by atoms with E-state index in [0.29, 0.717) is 33.7 Å². The molecule has 1 saturated carbocycles. The summed E-state index contributed by atoms with van der Waals surface area (Å²) < 4.78 is 20.8. The zero-order chi connectivity index (χ0) is 27.8. The molecule has 1 aliphatic rings. The summed E-state index contributed by atoms with van der Waals surface area (Å²) in [5.74, 6) is 0.670. The molecule has 0 aliphatic heterocycles. The van der Waals surface area contributed by atoms with E-state index in [1.165, 1.54) is 56.9 Å². The topological polar surface area (TPSA) is 46.5 Å². The van der Waals surface area contributed by atoms with Crippen LogP contribution in [0.1, 0.15) is 87.8 Å². The second kappa shape index (κ2) is 13.7. The Morgan fingerprint density at radius 2 is 1.64 bits per heavy atom. The molecular weight excluding hydrogens is 487 g/mol. The molecule has 0 aromatic heterocycles. The maximum absolute atomic E-state index is 15.5. The summed E-state index contributed by atoms with van der Waals surface area (Å²) >= 11 is 0. The zero-order valence-electron chi connectivity index (χ0n) is 23.3. The number of benzene rings is 3. The highest BCUT2D eigenvalue weighted by molar-refractivity contribution is 5.87. The summed E-state index contributed by atoms with van der Waals surface area (Å²) in [6, 6.07) is 19.2. The molecule has 206 valence electrons. The summed E-state index contributed by atoms with van der Waals surface area (Å²) in [6.45, 7) is 7.27. The number of carbonyl (C=O) groups is 1. The number of halogens is 1. The predicted molar refractivity (Wildman–Crippen MR) is 157 cm³/mol. The number of esters is 1. The largest absolute Gasteiger partial charge is 0.457 e. The van der Waals surface area contributed by atoms with Gasteiger partial charge in [0.2, 0.25) is 0 Å². The maximum Gasteiger partial charge on any atom is 0.333 e. The smallest absolute Gasteiger partial charge is 0.333 e. The van der Waals surface area contributed by atoms with Crippen LogP contribution in [0.5, 0.6) is 0 Å². The van der Waals surface area contributed by atoms with Gasteiger partial charge >= 0.3 is 5.97 Å². The van der Waals surface area contributed by atoms with Crippen molar-refractivity contribution in [3.63, 3.8) is 0 Å². The van der Waals surface area contributed by atoms with Gasteiger partial charge in [-0.15, -0.1) is 0 Å². The van der Waals surface area contributed by atoms with Crippen LogP contribution in [0, 0.1) is 11.7 Å². The first-order valence-corrected chi connectivity index (χ1v) is 14.3. The van der Waals surface area contributed by atoms with E-state index in [-0.39, 0.29) is 19.0 Å². The Morgan fingerprint density at radius 1 is 0.949 bits per heavy atom. The van der Waals surface area contributed by atoms with Gasteiger partial charge < -0.3 is 9.84 Å². The first kappa shape index (κ1) is 28.8. The number of hydrogen-bond donors (Lipinski definition) is 1. The number of ether oxygens (including phenoxy) is 1. The lowest BCUT2D eigenvalue weighted by Crippen LogP contribution is -2.13. The quantitative estimate of drug-likeness (QED) is 0.153. The van der Waals surface area contributed by atoms with Crippen LogP contribution in [0.3, 0.4) is 0 Å². The zero-order valence-corrected chi connectivity index (χ0v) is 23.3. The van der Waals surface area contributed by atoms with Crippen molar-refractivity contribution < 1.29 is 19.0 Å². The van der Waals surface area contributed by atoms with Gasteiger partial charge in [-0.05, 0) is 90.0 Å². The van der Waals surface area contributed by atoms with E-state index in [2.05, 4.69) is 37.8 Å². The van der Waals surface area contributed by atoms with Crippen molar-refractivity contribution >= 4 is 5.97 Å². The minimum Gasteiger partial charge on any atom is -0.457 e. The van der Waals surface area contributed by atoms with Gasteiger partial charge in [-0.25, -0.2) is 9.18 Å². The number of hydrogen-bond acceptors (Lipinski definition) is 3. The summed E-state index contributed by atoms with van der Waals surface area (Å²) in [5, 5.41) is 9.56. The van der Waals surface area contributed by atoms with Crippen molar-refractivity contribution in [1.82, 2.24) is 0 Å². The van der Waals surface area contributed by atoms with Gasteiger partial charge in [-0.1, -0.05) is 87.7 Å². The van der Waals surface area contributed by atoms with Gasteiger partial charge in [0.25, 0.3) is 0 Å². The highest BCUT2D eigenvalue weighted by Gasteiger charge is 2.22. The standard InChI is InChI=1S/C35H41FO3/c1-4-5-6-7-25-8-11-27(12-9-25)28-13-15-29(16-14-28)30-17-19-33(34(36)21-30)32-18-10-26(22-37)20-31(32)23-39-35(38)24(2)3/h10,13-21,25,27,37H,2,4-9,11-12,22-23H2,1,3H3. The van der Waals surface area contributed by atoms with E-state index in [4.69, 9.17) is 4.74 Å². The molecule has 0 heterocycles. The van der Waals surface area contributed by atoms with Gasteiger partial charge in [0.1, 0.15) is 12.4 Å². The summed E-state index contributed by atoms with van der Waals surface area (Å²) in [7, 11) is 0. The minimum atomic E-state index is -0.505. The average molecular weight is 529 g/mol. The molecule has 0 amide bonds. The lowest BCUT2D eigenvalue weighted by atomic mass is 9.77. The van der Waals surface area contributed by atoms with Crippen molar-refractivity contribution in [2.45, 2.75) is 84.3 Å². The third-order valence-corrected chi connectivity index (χ3v) is 8.10. The van der Waals surface area contributed by atoms with E-state index in [1.54, 1.807) is 37.3 Å². The Balaban J connectivity index is 1.47. The highest BCUT2D eigenvalue weighted by atomic mass is 19.1. The molecule has 0 bridgehead atoms. The molecule has 1 fully saturated rings. The van der Waals surface area contributed by atoms with E-state index in [9.17, 15) is 9.90 Å². The third-order valence-electron chi connectivity index (χ3n) is 8.10. The molecule has 0 atom stereocenters. The molecule has 1 aliphatic carbocycles. The van der Waals surface area contributed by atoms with Crippen molar-refractivity contribution in [3.05, 3.63) is 95.3 Å². The number of aliphatic hydroxyl groups excluding tert-OH is 1. The highest BCUT2D eigenvalue weighted by Crippen LogP contribution is 2.38. The number of aliphatic hydroxyl groups is 1. The summed E-state index contributed by atoms with van der Waals surface area (Å²) in [6.07, 6.45) is 10.6. The number of carbonyl (C=O) groups excluding carboxylic acids is 1. The Hall–Kier alpha value is -3.24. The van der Waals surface area contributed by atoms with Crippen LogP contribution >= 0.6 is 0 Å². The molecule has 39 heavy (non-hydrogen) atoms. The lowest BCUT2D eigenvalue weighted by molar-refractivity contribution is -0.140. The molecule has 0 unspecified atom stereocenters. The minimum absolute atomic E-state index is 0.0296. The number of rotatable bonds is 11. The molecular formula is C35H41FO3. The summed E-state index contributed by atoms with van der Waals surface area (Å²) in [5.41, 5.74) is 5.86. The fraction of sp³-hybridized carbons (Fsp3) is 0.400. The second-order valence-corrected chi connectivity index (χ2v) is 11.0. The molecule has 3 aromatic rings. The maximum atomic E-state index is 15.5. The van der Waals surface area contributed by atoms with E-state index < -0.39 is 5.97 Å². The molecule has 1 N–H and O–H groups in total. The van der Waals surface area contributed by atoms with Crippen LogP contribution in [-0.2, 0) is 22.7 Å². The molecule has 0 spiro atoms. The Bertz CT molecular complexity index is 1270. The van der Waals surface area contributed by atoms with Crippen LogP contribution in [0.2, 0.25) is 0 Å². The normalized spacial score (nSPS) is 17.1. The lowest BCUT2D eigenvalue weighted by Gasteiger charge is -2.29. The number of unbranched alkanes of at least 4 members (excludes halogenated alkanes) is 2. The van der Waals surface area contributed by atoms with Crippen molar-refractivity contribution in [2.24, 2.45) is 5.92 Å². The fourth-order valence-electron chi connectivity index (χ4n) is 5.72. The molecule has 4 rings (SSSR count). The SMILES string of the molecule is C=C(C)C(=O)OCc1cc(CO)ccc1-c1ccc(-c2ccc(C3CCC(CCCCC)CC3)cc2)cc1F. The first-order valence-electron chi connectivity index (χ1n) is 14.3. The molecule has 0 radical (unpaired) electrons. The second-order valence-electron chi connectivity index (χ2n) is 11.0.